The summed E-state index contributed by atoms with van der Waals surface area (Å²) in [6.45, 7) is 10.3. The highest BCUT2D eigenvalue weighted by Gasteiger charge is 2.18. The lowest BCUT2D eigenvalue weighted by Gasteiger charge is -2.24. The lowest BCUT2D eigenvalue weighted by atomic mass is 10.0. The fourth-order valence-corrected chi connectivity index (χ4v) is 3.05. The van der Waals surface area contributed by atoms with Gasteiger partial charge < -0.3 is 5.32 Å². The van der Waals surface area contributed by atoms with Crippen molar-refractivity contribution < 1.29 is 4.79 Å². The standard InChI is InChI=1S/C18H25N3OS/c1-6-18(4,5)20-16(22)12-23-17-19-9-10-21(17)15-8-7-13(2)11-14(15)3/h7-11H,6,12H2,1-5H3,(H,20,22). The van der Waals surface area contributed by atoms with Gasteiger partial charge in [-0.15, -0.1) is 0 Å². The van der Waals surface area contributed by atoms with Crippen LogP contribution in [0.5, 0.6) is 0 Å². The Balaban J connectivity index is 2.09. The summed E-state index contributed by atoms with van der Waals surface area (Å²) >= 11 is 1.46. The maximum Gasteiger partial charge on any atom is 0.230 e. The number of nitrogens with zero attached hydrogens (tertiary/aromatic N) is 2. The van der Waals surface area contributed by atoms with Crippen molar-refractivity contribution in [2.75, 3.05) is 5.75 Å². The third-order valence-electron chi connectivity index (χ3n) is 3.91. The number of aryl methyl sites for hydroxylation is 2. The number of aromatic nitrogens is 2. The van der Waals surface area contributed by atoms with Crippen LogP contribution in [0.15, 0.2) is 35.7 Å². The number of carbonyl (C=O) groups is 1. The summed E-state index contributed by atoms with van der Waals surface area (Å²) in [5.41, 5.74) is 3.37. The summed E-state index contributed by atoms with van der Waals surface area (Å²) in [5.74, 6) is 0.405. The fourth-order valence-electron chi connectivity index (χ4n) is 2.29. The molecule has 1 aromatic carbocycles. The Kier molecular flexibility index (Phi) is 5.52. The number of amides is 1. The van der Waals surface area contributed by atoms with Crippen LogP contribution in [0.4, 0.5) is 0 Å². The molecule has 1 N–H and O–H groups in total. The monoisotopic (exact) mass is 331 g/mol. The predicted molar refractivity (Wildman–Crippen MR) is 96.3 cm³/mol. The lowest BCUT2D eigenvalue weighted by molar-refractivity contribution is -0.120. The van der Waals surface area contributed by atoms with Crippen molar-refractivity contribution in [3.05, 3.63) is 41.7 Å². The zero-order valence-electron chi connectivity index (χ0n) is 14.5. The van der Waals surface area contributed by atoms with Crippen LogP contribution in [0, 0.1) is 13.8 Å². The molecule has 0 aliphatic carbocycles. The predicted octanol–water partition coefficient (Wildman–Crippen LogP) is 3.89. The molecule has 1 amide bonds. The van der Waals surface area contributed by atoms with E-state index in [2.05, 4.69) is 49.3 Å². The van der Waals surface area contributed by atoms with E-state index in [1.54, 1.807) is 6.20 Å². The summed E-state index contributed by atoms with van der Waals surface area (Å²) in [5, 5.41) is 3.88. The maximum absolute atomic E-state index is 12.1. The zero-order valence-corrected chi connectivity index (χ0v) is 15.3. The van der Waals surface area contributed by atoms with Gasteiger partial charge in [-0.05, 0) is 45.7 Å². The highest BCUT2D eigenvalue weighted by Crippen LogP contribution is 2.23. The average Bonchev–Trinajstić information content (AvgIpc) is 2.93. The number of carbonyl (C=O) groups excluding carboxylic acids is 1. The van der Waals surface area contributed by atoms with E-state index >= 15 is 0 Å². The minimum Gasteiger partial charge on any atom is -0.351 e. The first-order valence-corrected chi connectivity index (χ1v) is 8.86. The number of hydrogen-bond acceptors (Lipinski definition) is 3. The molecule has 1 heterocycles. The van der Waals surface area contributed by atoms with Crippen molar-refractivity contribution in [2.45, 2.75) is 51.7 Å². The Labute approximate surface area is 142 Å². The lowest BCUT2D eigenvalue weighted by Crippen LogP contribution is -2.43. The minimum absolute atomic E-state index is 0.0389. The molecule has 0 aliphatic rings. The molecule has 124 valence electrons. The van der Waals surface area contributed by atoms with Crippen LogP contribution in [0.2, 0.25) is 0 Å². The van der Waals surface area contributed by atoms with Gasteiger partial charge in [0, 0.05) is 17.9 Å². The number of nitrogens with one attached hydrogen (secondary N) is 1. The molecule has 0 saturated heterocycles. The van der Waals surface area contributed by atoms with Gasteiger partial charge in [-0.3, -0.25) is 9.36 Å². The molecule has 0 aliphatic heterocycles. The molecule has 2 aromatic rings. The van der Waals surface area contributed by atoms with Gasteiger partial charge in [-0.1, -0.05) is 36.4 Å². The molecule has 4 nitrogen and oxygen atoms in total. The van der Waals surface area contributed by atoms with Gasteiger partial charge in [0.15, 0.2) is 5.16 Å². The molecular formula is C18H25N3OS. The van der Waals surface area contributed by atoms with Crippen molar-refractivity contribution in [2.24, 2.45) is 0 Å². The second-order valence-corrected chi connectivity index (χ2v) is 7.39. The number of rotatable bonds is 6. The van der Waals surface area contributed by atoms with Crippen molar-refractivity contribution in [1.29, 1.82) is 0 Å². The number of thioether (sulfide) groups is 1. The van der Waals surface area contributed by atoms with Gasteiger partial charge in [0.05, 0.1) is 11.4 Å². The van der Waals surface area contributed by atoms with Gasteiger partial charge in [-0.2, -0.15) is 0 Å². The van der Waals surface area contributed by atoms with Gasteiger partial charge >= 0.3 is 0 Å². The Hall–Kier alpha value is -1.75. The smallest absolute Gasteiger partial charge is 0.230 e. The SMILES string of the molecule is CCC(C)(C)NC(=O)CSc1nccn1-c1ccc(C)cc1C. The second-order valence-electron chi connectivity index (χ2n) is 6.44. The highest BCUT2D eigenvalue weighted by atomic mass is 32.2. The van der Waals surface area contributed by atoms with Crippen LogP contribution in [0.25, 0.3) is 5.69 Å². The van der Waals surface area contributed by atoms with E-state index in [0.29, 0.717) is 5.75 Å². The number of benzene rings is 1. The Bertz CT molecular complexity index is 691. The van der Waals surface area contributed by atoms with E-state index in [4.69, 9.17) is 0 Å². The van der Waals surface area contributed by atoms with E-state index in [1.807, 2.05) is 24.6 Å². The molecule has 0 spiro atoms. The van der Waals surface area contributed by atoms with E-state index in [-0.39, 0.29) is 11.4 Å². The van der Waals surface area contributed by atoms with E-state index in [0.717, 1.165) is 17.3 Å². The maximum atomic E-state index is 12.1. The van der Waals surface area contributed by atoms with Crippen molar-refractivity contribution >= 4 is 17.7 Å². The molecule has 0 unspecified atom stereocenters. The molecule has 0 fully saturated rings. The van der Waals surface area contributed by atoms with E-state index in [1.165, 1.54) is 22.9 Å². The molecule has 2 rings (SSSR count). The molecule has 1 aromatic heterocycles. The van der Waals surface area contributed by atoms with Crippen LogP contribution in [0.3, 0.4) is 0 Å². The fraction of sp³-hybridized carbons (Fsp3) is 0.444. The first-order chi connectivity index (χ1) is 10.8. The van der Waals surface area contributed by atoms with Crippen LogP contribution >= 0.6 is 11.8 Å². The zero-order chi connectivity index (χ0) is 17.0. The summed E-state index contributed by atoms with van der Waals surface area (Å²) < 4.78 is 2.04. The molecule has 0 bridgehead atoms. The quantitative estimate of drug-likeness (QED) is 0.817. The summed E-state index contributed by atoms with van der Waals surface area (Å²) in [6.07, 6.45) is 4.62. The topological polar surface area (TPSA) is 46.9 Å². The van der Waals surface area contributed by atoms with Crippen molar-refractivity contribution in [1.82, 2.24) is 14.9 Å². The van der Waals surface area contributed by atoms with Crippen molar-refractivity contribution in [3.63, 3.8) is 0 Å². The average molecular weight is 331 g/mol. The summed E-state index contributed by atoms with van der Waals surface area (Å²) in [7, 11) is 0. The molecule has 0 radical (unpaired) electrons. The first kappa shape index (κ1) is 17.6. The van der Waals surface area contributed by atoms with Gasteiger partial charge in [0.25, 0.3) is 0 Å². The minimum atomic E-state index is -0.166. The summed E-state index contributed by atoms with van der Waals surface area (Å²) in [6, 6.07) is 6.34. The Morgan fingerprint density at radius 3 is 2.74 bits per heavy atom. The second kappa shape index (κ2) is 7.21. The van der Waals surface area contributed by atoms with Crippen LogP contribution < -0.4 is 5.32 Å². The first-order valence-electron chi connectivity index (χ1n) is 7.87. The normalized spacial score (nSPS) is 11.5. The van der Waals surface area contributed by atoms with Crippen LogP contribution in [0.1, 0.15) is 38.3 Å². The molecule has 0 atom stereocenters. The number of hydrogen-bond donors (Lipinski definition) is 1. The Morgan fingerprint density at radius 1 is 1.35 bits per heavy atom. The number of imidazole rings is 1. The van der Waals surface area contributed by atoms with Crippen molar-refractivity contribution in [3.8, 4) is 5.69 Å². The van der Waals surface area contributed by atoms with E-state index in [9.17, 15) is 4.79 Å². The third kappa shape index (κ3) is 4.61. The third-order valence-corrected chi connectivity index (χ3v) is 4.88. The summed E-state index contributed by atoms with van der Waals surface area (Å²) in [4.78, 5) is 16.5. The van der Waals surface area contributed by atoms with E-state index < -0.39 is 0 Å². The van der Waals surface area contributed by atoms with Gasteiger partial charge in [0.1, 0.15) is 0 Å². The van der Waals surface area contributed by atoms with Crippen LogP contribution in [-0.4, -0.2) is 26.8 Å². The molecular weight excluding hydrogens is 306 g/mol. The molecule has 5 heteroatoms. The van der Waals surface area contributed by atoms with Gasteiger partial charge in [0.2, 0.25) is 5.91 Å². The van der Waals surface area contributed by atoms with Gasteiger partial charge in [-0.25, -0.2) is 4.98 Å². The molecule has 23 heavy (non-hydrogen) atoms. The van der Waals surface area contributed by atoms with Crippen LogP contribution in [-0.2, 0) is 4.79 Å². The largest absolute Gasteiger partial charge is 0.351 e. The highest BCUT2D eigenvalue weighted by molar-refractivity contribution is 7.99. The molecule has 0 saturated carbocycles. The Morgan fingerprint density at radius 2 is 2.09 bits per heavy atom.